The largest absolute Gasteiger partial charge is 0.493 e. The summed E-state index contributed by atoms with van der Waals surface area (Å²) in [7, 11) is 3.34. The Balaban J connectivity index is 1.72. The summed E-state index contributed by atoms with van der Waals surface area (Å²) < 4.78 is 10.9. The molecule has 134 valence electrons. The van der Waals surface area contributed by atoms with Gasteiger partial charge in [0.25, 0.3) is 0 Å². The number of rotatable bonds is 3. The average Bonchev–Trinajstić information content (AvgIpc) is 2.97. The van der Waals surface area contributed by atoms with Crippen LogP contribution in [0.3, 0.4) is 0 Å². The summed E-state index contributed by atoms with van der Waals surface area (Å²) in [6.45, 7) is 6.81. The molecule has 0 spiro atoms. The summed E-state index contributed by atoms with van der Waals surface area (Å²) in [6, 6.07) is 6.93. The lowest BCUT2D eigenvalue weighted by atomic mass is 10.1. The van der Waals surface area contributed by atoms with Crippen molar-refractivity contribution in [1.29, 1.82) is 0 Å². The van der Waals surface area contributed by atoms with E-state index in [1.807, 2.05) is 12.1 Å². The minimum atomic E-state index is 0.686. The molecule has 2 aliphatic rings. The van der Waals surface area contributed by atoms with Gasteiger partial charge in [-0.15, -0.1) is 0 Å². The molecule has 0 radical (unpaired) electrons. The van der Waals surface area contributed by atoms with Crippen molar-refractivity contribution in [2.45, 2.75) is 32.2 Å². The fourth-order valence-corrected chi connectivity index (χ4v) is 4.28. The fourth-order valence-electron chi connectivity index (χ4n) is 4.28. The Labute approximate surface area is 149 Å². The Morgan fingerprint density at radius 2 is 1.76 bits per heavy atom. The van der Waals surface area contributed by atoms with Crippen LogP contribution in [-0.2, 0) is 0 Å². The van der Waals surface area contributed by atoms with Crippen molar-refractivity contribution in [2.75, 3.05) is 45.3 Å². The Morgan fingerprint density at radius 1 is 1.00 bits per heavy atom. The van der Waals surface area contributed by atoms with Gasteiger partial charge < -0.3 is 14.4 Å². The second-order valence-corrected chi connectivity index (χ2v) is 7.15. The molecular weight excluding hydrogens is 314 g/mol. The Hall–Kier alpha value is -2.01. The Kier molecular flexibility index (Phi) is 4.42. The van der Waals surface area contributed by atoms with Gasteiger partial charge in [0.05, 0.1) is 19.7 Å². The van der Waals surface area contributed by atoms with Crippen LogP contribution in [0.2, 0.25) is 0 Å². The second-order valence-electron chi connectivity index (χ2n) is 7.15. The maximum absolute atomic E-state index is 5.46. The molecule has 0 N–H and O–H groups in total. The standard InChI is InChI=1S/C20H27N3O2/c1-14-10-20(23-9-5-8-22-7-4-6-15(22)13-23)21-17-12-19(25-3)18(24-2)11-16(14)17/h10-12,15H,4-9,13H2,1-3H3/t15-/m0/s1. The number of pyridine rings is 1. The first-order valence-corrected chi connectivity index (χ1v) is 9.22. The molecule has 0 unspecified atom stereocenters. The summed E-state index contributed by atoms with van der Waals surface area (Å²) in [5.41, 5.74) is 2.20. The van der Waals surface area contributed by atoms with E-state index in [4.69, 9.17) is 14.5 Å². The van der Waals surface area contributed by atoms with Crippen molar-refractivity contribution in [3.8, 4) is 11.5 Å². The predicted molar refractivity (Wildman–Crippen MR) is 101 cm³/mol. The maximum Gasteiger partial charge on any atom is 0.162 e. The van der Waals surface area contributed by atoms with Gasteiger partial charge in [0.15, 0.2) is 11.5 Å². The Morgan fingerprint density at radius 3 is 2.56 bits per heavy atom. The van der Waals surface area contributed by atoms with E-state index < -0.39 is 0 Å². The lowest BCUT2D eigenvalue weighted by Crippen LogP contribution is -2.37. The second kappa shape index (κ2) is 6.71. The van der Waals surface area contributed by atoms with Crippen LogP contribution in [0, 0.1) is 6.92 Å². The molecule has 25 heavy (non-hydrogen) atoms. The monoisotopic (exact) mass is 341 g/mol. The van der Waals surface area contributed by atoms with Crippen molar-refractivity contribution in [1.82, 2.24) is 9.88 Å². The molecule has 5 nitrogen and oxygen atoms in total. The highest BCUT2D eigenvalue weighted by molar-refractivity contribution is 5.87. The molecule has 0 saturated carbocycles. The van der Waals surface area contributed by atoms with Crippen molar-refractivity contribution in [2.24, 2.45) is 0 Å². The summed E-state index contributed by atoms with van der Waals surface area (Å²) in [5, 5.41) is 1.12. The summed E-state index contributed by atoms with van der Waals surface area (Å²) >= 11 is 0. The van der Waals surface area contributed by atoms with E-state index in [0.29, 0.717) is 6.04 Å². The van der Waals surface area contributed by atoms with Crippen molar-refractivity contribution < 1.29 is 9.47 Å². The number of aryl methyl sites for hydroxylation is 1. The van der Waals surface area contributed by atoms with E-state index in [1.165, 1.54) is 37.9 Å². The van der Waals surface area contributed by atoms with E-state index >= 15 is 0 Å². The number of hydrogen-bond donors (Lipinski definition) is 0. The van der Waals surface area contributed by atoms with Crippen LogP contribution in [0.25, 0.3) is 10.9 Å². The molecule has 2 fully saturated rings. The molecule has 2 saturated heterocycles. The van der Waals surface area contributed by atoms with E-state index in [-0.39, 0.29) is 0 Å². The average molecular weight is 341 g/mol. The highest BCUT2D eigenvalue weighted by atomic mass is 16.5. The molecule has 0 aliphatic carbocycles. The first-order valence-electron chi connectivity index (χ1n) is 9.22. The minimum absolute atomic E-state index is 0.686. The van der Waals surface area contributed by atoms with Crippen molar-refractivity contribution in [3.05, 3.63) is 23.8 Å². The molecule has 2 aliphatic heterocycles. The molecule has 2 aromatic rings. The highest BCUT2D eigenvalue weighted by Crippen LogP contribution is 2.34. The quantitative estimate of drug-likeness (QED) is 0.857. The topological polar surface area (TPSA) is 37.8 Å². The van der Waals surface area contributed by atoms with E-state index in [9.17, 15) is 0 Å². The van der Waals surface area contributed by atoms with Crippen LogP contribution in [0.15, 0.2) is 18.2 Å². The van der Waals surface area contributed by atoms with Gasteiger partial charge in [-0.1, -0.05) is 0 Å². The molecule has 4 rings (SSSR count). The molecule has 1 aromatic carbocycles. The number of ether oxygens (including phenoxy) is 2. The van der Waals surface area contributed by atoms with Gasteiger partial charge in [0.1, 0.15) is 5.82 Å². The van der Waals surface area contributed by atoms with Gasteiger partial charge in [-0.05, 0) is 50.4 Å². The van der Waals surface area contributed by atoms with E-state index in [2.05, 4.69) is 22.8 Å². The zero-order valence-electron chi connectivity index (χ0n) is 15.4. The zero-order chi connectivity index (χ0) is 17.4. The summed E-state index contributed by atoms with van der Waals surface area (Å²) in [4.78, 5) is 10.1. The van der Waals surface area contributed by atoms with Crippen LogP contribution in [0.4, 0.5) is 5.82 Å². The molecule has 0 bridgehead atoms. The number of hydrogen-bond acceptors (Lipinski definition) is 5. The third kappa shape index (κ3) is 3.01. The van der Waals surface area contributed by atoms with Crippen LogP contribution >= 0.6 is 0 Å². The summed E-state index contributed by atoms with van der Waals surface area (Å²) in [6.07, 6.45) is 3.86. The molecule has 5 heteroatoms. The Bertz CT molecular complexity index is 777. The number of fused-ring (bicyclic) bond motifs is 2. The van der Waals surface area contributed by atoms with Crippen molar-refractivity contribution in [3.63, 3.8) is 0 Å². The van der Waals surface area contributed by atoms with Crippen molar-refractivity contribution >= 4 is 16.7 Å². The van der Waals surface area contributed by atoms with E-state index in [1.54, 1.807) is 14.2 Å². The molecule has 1 aromatic heterocycles. The normalized spacial score (nSPS) is 21.2. The van der Waals surface area contributed by atoms with Gasteiger partial charge in [0, 0.05) is 37.1 Å². The number of methoxy groups -OCH3 is 2. The summed E-state index contributed by atoms with van der Waals surface area (Å²) in [5.74, 6) is 2.58. The molecule has 0 amide bonds. The van der Waals surface area contributed by atoms with Gasteiger partial charge in [-0.2, -0.15) is 0 Å². The highest BCUT2D eigenvalue weighted by Gasteiger charge is 2.29. The lowest BCUT2D eigenvalue weighted by Gasteiger charge is -2.27. The number of benzene rings is 1. The van der Waals surface area contributed by atoms with E-state index in [0.717, 1.165) is 41.3 Å². The predicted octanol–water partition coefficient (Wildman–Crippen LogP) is 3.23. The maximum atomic E-state index is 5.46. The molecule has 1 atom stereocenters. The van der Waals surface area contributed by atoms with Gasteiger partial charge >= 0.3 is 0 Å². The molecular formula is C20H27N3O2. The minimum Gasteiger partial charge on any atom is -0.493 e. The number of nitrogens with zero attached hydrogens (tertiary/aromatic N) is 3. The van der Waals surface area contributed by atoms with Crippen LogP contribution in [0.1, 0.15) is 24.8 Å². The van der Waals surface area contributed by atoms with Crippen LogP contribution in [-0.4, -0.2) is 56.3 Å². The van der Waals surface area contributed by atoms with Gasteiger partial charge in [0.2, 0.25) is 0 Å². The zero-order valence-corrected chi connectivity index (χ0v) is 15.4. The lowest BCUT2D eigenvalue weighted by molar-refractivity contribution is 0.273. The number of anilines is 1. The first kappa shape index (κ1) is 16.5. The van der Waals surface area contributed by atoms with Crippen LogP contribution < -0.4 is 14.4 Å². The first-order chi connectivity index (χ1) is 12.2. The molecule has 3 heterocycles. The third-order valence-corrected chi connectivity index (χ3v) is 5.63. The van der Waals surface area contributed by atoms with Gasteiger partial charge in [-0.3, -0.25) is 4.90 Å². The van der Waals surface area contributed by atoms with Gasteiger partial charge in [-0.25, -0.2) is 4.98 Å². The SMILES string of the molecule is COc1cc2nc(N3CCCN4CCC[C@H]4C3)cc(C)c2cc1OC. The number of aromatic nitrogens is 1. The fraction of sp³-hybridized carbons (Fsp3) is 0.550. The third-order valence-electron chi connectivity index (χ3n) is 5.63. The smallest absolute Gasteiger partial charge is 0.162 e. The van der Waals surface area contributed by atoms with Crippen LogP contribution in [0.5, 0.6) is 11.5 Å².